The van der Waals surface area contributed by atoms with Crippen molar-refractivity contribution in [3.05, 3.63) is 77.2 Å². The van der Waals surface area contributed by atoms with Gasteiger partial charge in [0.15, 0.2) is 0 Å². The monoisotopic (exact) mass is 376 g/mol. The number of benzene rings is 2. The van der Waals surface area contributed by atoms with E-state index in [0.29, 0.717) is 18.3 Å². The lowest BCUT2D eigenvalue weighted by Crippen LogP contribution is -2.30. The van der Waals surface area contributed by atoms with Gasteiger partial charge >= 0.3 is 6.01 Å². The molecule has 1 saturated heterocycles. The van der Waals surface area contributed by atoms with Gasteiger partial charge in [-0.3, -0.25) is 4.79 Å². The van der Waals surface area contributed by atoms with Crippen molar-refractivity contribution in [3.63, 3.8) is 0 Å². The molecule has 0 saturated carbocycles. The quantitative estimate of drug-likeness (QED) is 0.714. The number of anilines is 1. The fourth-order valence-corrected chi connectivity index (χ4v) is 3.42. The summed E-state index contributed by atoms with van der Waals surface area (Å²) in [4.78, 5) is 14.8. The van der Waals surface area contributed by atoms with Crippen LogP contribution in [0.3, 0.4) is 0 Å². The summed E-state index contributed by atoms with van der Waals surface area (Å²) < 4.78 is 5.94. The van der Waals surface area contributed by atoms with E-state index in [-0.39, 0.29) is 5.91 Å². The van der Waals surface area contributed by atoms with E-state index in [2.05, 4.69) is 20.4 Å². The third kappa shape index (κ3) is 4.22. The lowest BCUT2D eigenvalue weighted by atomic mass is 10.1. The Morgan fingerprint density at radius 3 is 2.50 bits per heavy atom. The second kappa shape index (κ2) is 8.25. The average Bonchev–Trinajstić information content (AvgIpc) is 3.40. The first-order valence-electron chi connectivity index (χ1n) is 9.67. The zero-order valence-electron chi connectivity index (χ0n) is 16.0. The van der Waals surface area contributed by atoms with Gasteiger partial charge in [0.2, 0.25) is 11.8 Å². The normalized spacial score (nSPS) is 14.8. The summed E-state index contributed by atoms with van der Waals surface area (Å²) in [6.45, 7) is 3.89. The number of nitrogens with zero attached hydrogens (tertiary/aromatic N) is 3. The Morgan fingerprint density at radius 1 is 1.07 bits per heavy atom. The van der Waals surface area contributed by atoms with Crippen molar-refractivity contribution in [2.45, 2.75) is 32.2 Å². The Labute approximate surface area is 164 Å². The molecule has 2 heterocycles. The number of carbonyl (C=O) groups is 1. The molecule has 144 valence electrons. The zero-order valence-corrected chi connectivity index (χ0v) is 16.0. The minimum atomic E-state index is -0.469. The van der Waals surface area contributed by atoms with Crippen LogP contribution in [0.25, 0.3) is 0 Å². The molecule has 1 amide bonds. The van der Waals surface area contributed by atoms with E-state index in [4.69, 9.17) is 4.42 Å². The van der Waals surface area contributed by atoms with E-state index < -0.39 is 6.04 Å². The van der Waals surface area contributed by atoms with Crippen LogP contribution < -0.4 is 10.2 Å². The second-order valence-electron chi connectivity index (χ2n) is 7.19. The van der Waals surface area contributed by atoms with Crippen molar-refractivity contribution in [2.75, 3.05) is 18.0 Å². The largest absolute Gasteiger partial charge is 0.405 e. The molecule has 1 aliphatic heterocycles. The van der Waals surface area contributed by atoms with Crippen LogP contribution in [0.2, 0.25) is 0 Å². The molecule has 0 aliphatic carbocycles. The SMILES string of the molecule is Cc1ccc(CC(=O)N[C@@H](c2ccccc2)c2nnc(N3CCCC3)o2)cc1. The minimum Gasteiger partial charge on any atom is -0.405 e. The van der Waals surface area contributed by atoms with Crippen molar-refractivity contribution >= 4 is 11.9 Å². The predicted molar refractivity (Wildman–Crippen MR) is 107 cm³/mol. The molecule has 0 spiro atoms. The first kappa shape index (κ1) is 18.2. The first-order valence-corrected chi connectivity index (χ1v) is 9.67. The van der Waals surface area contributed by atoms with Crippen molar-refractivity contribution in [2.24, 2.45) is 0 Å². The smallest absolute Gasteiger partial charge is 0.318 e. The van der Waals surface area contributed by atoms with Crippen molar-refractivity contribution in [3.8, 4) is 0 Å². The highest BCUT2D eigenvalue weighted by atomic mass is 16.4. The van der Waals surface area contributed by atoms with Crippen molar-refractivity contribution in [1.29, 1.82) is 0 Å². The summed E-state index contributed by atoms with van der Waals surface area (Å²) in [5.74, 6) is 0.323. The van der Waals surface area contributed by atoms with E-state index in [9.17, 15) is 4.79 Å². The summed E-state index contributed by atoms with van der Waals surface area (Å²) in [6, 6.07) is 17.8. The summed E-state index contributed by atoms with van der Waals surface area (Å²) in [5.41, 5.74) is 3.06. The van der Waals surface area contributed by atoms with Gasteiger partial charge in [0.1, 0.15) is 6.04 Å². The topological polar surface area (TPSA) is 71.3 Å². The van der Waals surface area contributed by atoms with E-state index in [1.54, 1.807) is 0 Å². The number of carbonyl (C=O) groups excluding carboxylic acids is 1. The molecule has 2 aromatic carbocycles. The van der Waals surface area contributed by atoms with Gasteiger partial charge in [0.05, 0.1) is 6.42 Å². The molecule has 0 radical (unpaired) electrons. The van der Waals surface area contributed by atoms with Crippen LogP contribution >= 0.6 is 0 Å². The molecule has 3 aromatic rings. The third-order valence-corrected chi connectivity index (χ3v) is 4.98. The molecule has 28 heavy (non-hydrogen) atoms. The van der Waals surface area contributed by atoms with Gasteiger partial charge in [-0.25, -0.2) is 0 Å². The van der Waals surface area contributed by atoms with E-state index in [1.165, 1.54) is 5.56 Å². The summed E-state index contributed by atoms with van der Waals surface area (Å²) in [5, 5.41) is 11.5. The Hall–Kier alpha value is -3.15. The maximum absolute atomic E-state index is 12.7. The molecule has 1 N–H and O–H groups in total. The summed E-state index contributed by atoms with van der Waals surface area (Å²) >= 11 is 0. The maximum atomic E-state index is 12.7. The lowest BCUT2D eigenvalue weighted by Gasteiger charge is -2.16. The molecule has 1 atom stereocenters. The van der Waals surface area contributed by atoms with Crippen LogP contribution in [0.4, 0.5) is 6.01 Å². The highest BCUT2D eigenvalue weighted by Crippen LogP contribution is 2.25. The van der Waals surface area contributed by atoms with Gasteiger partial charge in [-0.05, 0) is 30.9 Å². The van der Waals surface area contributed by atoms with Gasteiger partial charge < -0.3 is 14.6 Å². The van der Waals surface area contributed by atoms with E-state index in [0.717, 1.165) is 37.1 Å². The average molecular weight is 376 g/mol. The van der Waals surface area contributed by atoms with E-state index in [1.807, 2.05) is 61.5 Å². The molecule has 1 aromatic heterocycles. The Balaban J connectivity index is 1.54. The molecule has 0 unspecified atom stereocenters. The van der Waals surface area contributed by atoms with Crippen LogP contribution in [0.15, 0.2) is 59.0 Å². The zero-order chi connectivity index (χ0) is 19.3. The summed E-state index contributed by atoms with van der Waals surface area (Å²) in [6.07, 6.45) is 2.57. The second-order valence-corrected chi connectivity index (χ2v) is 7.19. The molecule has 6 heteroatoms. The number of aromatic nitrogens is 2. The molecular formula is C22H24N4O2. The predicted octanol–water partition coefficient (Wildman–Crippen LogP) is 3.43. The molecular weight excluding hydrogens is 352 g/mol. The van der Waals surface area contributed by atoms with Gasteiger partial charge in [-0.15, -0.1) is 5.10 Å². The summed E-state index contributed by atoms with van der Waals surface area (Å²) in [7, 11) is 0. The van der Waals surface area contributed by atoms with Crippen molar-refractivity contribution in [1.82, 2.24) is 15.5 Å². The van der Waals surface area contributed by atoms with E-state index >= 15 is 0 Å². The van der Waals surface area contributed by atoms with Gasteiger partial charge in [0.25, 0.3) is 0 Å². The number of hydrogen-bond donors (Lipinski definition) is 1. The fraction of sp³-hybridized carbons (Fsp3) is 0.318. The Bertz CT molecular complexity index is 915. The Morgan fingerprint density at radius 2 is 1.79 bits per heavy atom. The van der Waals surface area contributed by atoms with Gasteiger partial charge in [0, 0.05) is 13.1 Å². The molecule has 6 nitrogen and oxygen atoms in total. The highest BCUT2D eigenvalue weighted by molar-refractivity contribution is 5.79. The molecule has 0 bridgehead atoms. The molecule has 1 aliphatic rings. The van der Waals surface area contributed by atoms with Crippen LogP contribution in [0.5, 0.6) is 0 Å². The number of nitrogens with one attached hydrogen (secondary N) is 1. The first-order chi connectivity index (χ1) is 13.7. The van der Waals surface area contributed by atoms with Crippen LogP contribution in [0.1, 0.15) is 41.5 Å². The fourth-order valence-electron chi connectivity index (χ4n) is 3.42. The lowest BCUT2D eigenvalue weighted by molar-refractivity contribution is -0.121. The Kier molecular flexibility index (Phi) is 5.37. The maximum Gasteiger partial charge on any atom is 0.318 e. The van der Waals surface area contributed by atoms with Crippen LogP contribution in [0, 0.1) is 6.92 Å². The minimum absolute atomic E-state index is 0.0846. The van der Waals surface area contributed by atoms with Gasteiger partial charge in [-0.2, -0.15) is 0 Å². The highest BCUT2D eigenvalue weighted by Gasteiger charge is 2.25. The number of amides is 1. The third-order valence-electron chi connectivity index (χ3n) is 4.98. The molecule has 4 rings (SSSR count). The standard InChI is InChI=1S/C22H24N4O2/c1-16-9-11-17(12-10-16)15-19(27)23-20(18-7-3-2-4-8-18)21-24-25-22(28-21)26-13-5-6-14-26/h2-4,7-12,20H,5-6,13-15H2,1H3,(H,23,27)/t20-/m0/s1. The van der Waals surface area contributed by atoms with Gasteiger partial charge in [-0.1, -0.05) is 65.3 Å². The van der Waals surface area contributed by atoms with Crippen molar-refractivity contribution < 1.29 is 9.21 Å². The number of aryl methyl sites for hydroxylation is 1. The van der Waals surface area contributed by atoms with Crippen LogP contribution in [-0.4, -0.2) is 29.2 Å². The van der Waals surface area contributed by atoms with Crippen LogP contribution in [-0.2, 0) is 11.2 Å². The number of rotatable bonds is 6. The molecule has 1 fully saturated rings. The number of hydrogen-bond acceptors (Lipinski definition) is 5.